The molecule has 0 aromatic heterocycles. The fraction of sp³-hybridized carbons (Fsp3) is 0.235. The predicted molar refractivity (Wildman–Crippen MR) is 83.2 cm³/mol. The van der Waals surface area contributed by atoms with Crippen LogP contribution in [0.3, 0.4) is 0 Å². The van der Waals surface area contributed by atoms with E-state index in [0.717, 1.165) is 11.1 Å². The molecule has 0 aliphatic carbocycles. The molecule has 0 fully saturated rings. The maximum Gasteiger partial charge on any atom is 0.404 e. The van der Waals surface area contributed by atoms with Gasteiger partial charge in [-0.15, -0.1) is 0 Å². The van der Waals surface area contributed by atoms with E-state index in [1.54, 1.807) is 0 Å². The third-order valence-corrected chi connectivity index (χ3v) is 3.44. The summed E-state index contributed by atoms with van der Waals surface area (Å²) in [5, 5.41) is 11.6. The maximum atomic E-state index is 11.0. The molecule has 0 saturated carbocycles. The Kier molecular flexibility index (Phi) is 5.35. The summed E-state index contributed by atoms with van der Waals surface area (Å²) in [7, 11) is 0. The van der Waals surface area contributed by atoms with Crippen LogP contribution in [0.25, 0.3) is 0 Å². The molecule has 0 bridgehead atoms. The van der Waals surface area contributed by atoms with Crippen molar-refractivity contribution in [1.29, 1.82) is 0 Å². The second-order valence-electron chi connectivity index (χ2n) is 5.10. The van der Waals surface area contributed by atoms with Gasteiger partial charge in [0.15, 0.2) is 0 Å². The molecule has 2 aromatic carbocycles. The zero-order valence-electron chi connectivity index (χ0n) is 11.8. The molecule has 4 nitrogen and oxygen atoms in total. The van der Waals surface area contributed by atoms with Gasteiger partial charge >= 0.3 is 6.09 Å². The molecule has 0 radical (unpaired) electrons. The van der Waals surface area contributed by atoms with E-state index in [0.29, 0.717) is 12.8 Å². The maximum absolute atomic E-state index is 11.0. The largest absolute Gasteiger partial charge is 0.465 e. The molecular formula is C17H20N2O2. The van der Waals surface area contributed by atoms with Crippen molar-refractivity contribution in [3.63, 3.8) is 0 Å². The van der Waals surface area contributed by atoms with E-state index in [1.165, 1.54) is 0 Å². The third-order valence-electron chi connectivity index (χ3n) is 3.44. The van der Waals surface area contributed by atoms with Crippen LogP contribution in [0.4, 0.5) is 4.79 Å². The Bertz CT molecular complexity index is 558. The lowest BCUT2D eigenvalue weighted by molar-refractivity contribution is 0.187. The number of carbonyl (C=O) groups is 1. The van der Waals surface area contributed by atoms with Gasteiger partial charge in [-0.05, 0) is 24.0 Å². The van der Waals surface area contributed by atoms with Gasteiger partial charge in [-0.25, -0.2) is 4.79 Å². The van der Waals surface area contributed by atoms with Crippen LogP contribution < -0.4 is 11.1 Å². The van der Waals surface area contributed by atoms with Crippen LogP contribution in [0, 0.1) is 0 Å². The first-order valence-electron chi connectivity index (χ1n) is 6.98. The Morgan fingerprint density at radius 3 is 1.90 bits per heavy atom. The minimum Gasteiger partial charge on any atom is -0.465 e. The normalized spacial score (nSPS) is 13.4. The van der Waals surface area contributed by atoms with Crippen molar-refractivity contribution in [2.75, 3.05) is 0 Å². The molecule has 2 aromatic rings. The number of hydrogen-bond donors (Lipinski definition) is 3. The summed E-state index contributed by atoms with van der Waals surface area (Å²) in [4.78, 5) is 11.0. The van der Waals surface area contributed by atoms with Gasteiger partial charge in [0.25, 0.3) is 0 Å². The molecule has 0 unspecified atom stereocenters. The second-order valence-corrected chi connectivity index (χ2v) is 5.10. The molecule has 0 aliphatic rings. The van der Waals surface area contributed by atoms with Crippen LogP contribution in [-0.4, -0.2) is 23.3 Å². The summed E-state index contributed by atoms with van der Waals surface area (Å²) in [5.74, 6) is 0. The number of nitrogens with two attached hydrogens (primary N) is 1. The van der Waals surface area contributed by atoms with Crippen molar-refractivity contribution in [2.24, 2.45) is 5.73 Å². The molecule has 4 heteroatoms. The van der Waals surface area contributed by atoms with Crippen molar-refractivity contribution >= 4 is 6.09 Å². The smallest absolute Gasteiger partial charge is 0.404 e. The number of carboxylic acid groups (broad SMARTS) is 1. The van der Waals surface area contributed by atoms with Gasteiger partial charge in [-0.2, -0.15) is 0 Å². The first kappa shape index (κ1) is 15.1. The van der Waals surface area contributed by atoms with Gasteiger partial charge in [0.05, 0.1) is 6.04 Å². The van der Waals surface area contributed by atoms with Gasteiger partial charge in [0.2, 0.25) is 0 Å². The number of rotatable bonds is 6. The number of benzene rings is 2. The SMILES string of the molecule is N[C@@H](Cc1ccccc1)[C@H](Cc1ccccc1)NC(=O)O. The van der Waals surface area contributed by atoms with Crippen LogP contribution >= 0.6 is 0 Å². The highest BCUT2D eigenvalue weighted by atomic mass is 16.4. The first-order valence-corrected chi connectivity index (χ1v) is 6.98. The van der Waals surface area contributed by atoms with E-state index in [9.17, 15) is 4.79 Å². The van der Waals surface area contributed by atoms with E-state index in [-0.39, 0.29) is 12.1 Å². The Morgan fingerprint density at radius 1 is 0.952 bits per heavy atom. The van der Waals surface area contributed by atoms with Crippen molar-refractivity contribution < 1.29 is 9.90 Å². The highest BCUT2D eigenvalue weighted by molar-refractivity contribution is 5.65. The molecule has 21 heavy (non-hydrogen) atoms. The summed E-state index contributed by atoms with van der Waals surface area (Å²) >= 11 is 0. The average molecular weight is 284 g/mol. The van der Waals surface area contributed by atoms with Crippen LogP contribution in [0.15, 0.2) is 60.7 Å². The molecule has 2 rings (SSSR count). The topological polar surface area (TPSA) is 75.3 Å². The molecule has 0 saturated heterocycles. The van der Waals surface area contributed by atoms with Gasteiger partial charge in [0.1, 0.15) is 0 Å². The summed E-state index contributed by atoms with van der Waals surface area (Å²) in [6.45, 7) is 0. The zero-order chi connectivity index (χ0) is 15.1. The number of amides is 1. The minimum absolute atomic E-state index is 0.274. The summed E-state index contributed by atoms with van der Waals surface area (Å²) in [5.41, 5.74) is 8.40. The fourth-order valence-corrected chi connectivity index (χ4v) is 2.36. The van der Waals surface area contributed by atoms with Crippen LogP contribution in [0.1, 0.15) is 11.1 Å². The van der Waals surface area contributed by atoms with Crippen LogP contribution in [-0.2, 0) is 12.8 Å². The molecule has 1 amide bonds. The molecule has 0 heterocycles. The monoisotopic (exact) mass is 284 g/mol. The van der Waals surface area contributed by atoms with Crippen molar-refractivity contribution in [3.05, 3.63) is 71.8 Å². The summed E-state index contributed by atoms with van der Waals surface area (Å²) < 4.78 is 0. The van der Waals surface area contributed by atoms with Crippen LogP contribution in [0.5, 0.6) is 0 Å². The fourth-order valence-electron chi connectivity index (χ4n) is 2.36. The molecule has 4 N–H and O–H groups in total. The minimum atomic E-state index is -1.04. The standard InChI is InChI=1S/C17H20N2O2/c18-15(11-13-7-3-1-4-8-13)16(19-17(20)21)12-14-9-5-2-6-10-14/h1-10,15-16,19H,11-12,18H2,(H,20,21)/t15-,16-/m0/s1. The Hall–Kier alpha value is -2.33. The Morgan fingerprint density at radius 2 is 1.43 bits per heavy atom. The quantitative estimate of drug-likeness (QED) is 0.762. The summed E-state index contributed by atoms with van der Waals surface area (Å²) in [6, 6.07) is 19.1. The van der Waals surface area contributed by atoms with E-state index in [2.05, 4.69) is 5.32 Å². The van der Waals surface area contributed by atoms with Gasteiger partial charge in [-0.3, -0.25) is 0 Å². The zero-order valence-corrected chi connectivity index (χ0v) is 11.8. The lowest BCUT2D eigenvalue weighted by Crippen LogP contribution is -2.49. The van der Waals surface area contributed by atoms with Crippen molar-refractivity contribution in [2.45, 2.75) is 24.9 Å². The van der Waals surface area contributed by atoms with Crippen LogP contribution in [0.2, 0.25) is 0 Å². The van der Waals surface area contributed by atoms with Gasteiger partial charge < -0.3 is 16.2 Å². The first-order chi connectivity index (χ1) is 10.1. The Balaban J connectivity index is 2.06. The number of hydrogen-bond acceptors (Lipinski definition) is 2. The van der Waals surface area contributed by atoms with E-state index in [1.807, 2.05) is 60.7 Å². The van der Waals surface area contributed by atoms with E-state index >= 15 is 0 Å². The average Bonchev–Trinajstić information content (AvgIpc) is 2.48. The van der Waals surface area contributed by atoms with E-state index in [4.69, 9.17) is 10.8 Å². The van der Waals surface area contributed by atoms with Crippen molar-refractivity contribution in [1.82, 2.24) is 5.32 Å². The predicted octanol–water partition coefficient (Wildman–Crippen LogP) is 2.44. The van der Waals surface area contributed by atoms with Gasteiger partial charge in [-0.1, -0.05) is 60.7 Å². The lowest BCUT2D eigenvalue weighted by atomic mass is 9.95. The highest BCUT2D eigenvalue weighted by Gasteiger charge is 2.20. The second kappa shape index (κ2) is 7.45. The van der Waals surface area contributed by atoms with E-state index < -0.39 is 6.09 Å². The lowest BCUT2D eigenvalue weighted by Gasteiger charge is -2.24. The molecule has 2 atom stereocenters. The molecular weight excluding hydrogens is 264 g/mol. The molecule has 0 spiro atoms. The molecule has 0 aliphatic heterocycles. The third kappa shape index (κ3) is 4.93. The Labute approximate surface area is 124 Å². The summed E-state index contributed by atoms with van der Waals surface area (Å²) in [6.07, 6.45) is 0.180. The van der Waals surface area contributed by atoms with Crippen molar-refractivity contribution in [3.8, 4) is 0 Å². The van der Waals surface area contributed by atoms with Gasteiger partial charge in [0, 0.05) is 6.04 Å². The molecule has 110 valence electrons. The number of nitrogens with one attached hydrogen (secondary N) is 1. The highest BCUT2D eigenvalue weighted by Crippen LogP contribution is 2.10.